The summed E-state index contributed by atoms with van der Waals surface area (Å²) in [6.45, 7) is 2.12. The van der Waals surface area contributed by atoms with E-state index in [0.29, 0.717) is 6.04 Å². The molecule has 1 aliphatic heterocycles. The third-order valence-electron chi connectivity index (χ3n) is 3.53. The van der Waals surface area contributed by atoms with E-state index in [9.17, 15) is 0 Å². The molecule has 1 fully saturated rings. The Morgan fingerprint density at radius 2 is 2.16 bits per heavy atom. The molecule has 1 atom stereocenters. The number of rotatable bonds is 4. The van der Waals surface area contributed by atoms with E-state index in [1.807, 2.05) is 16.7 Å². The Kier molecular flexibility index (Phi) is 3.74. The lowest BCUT2D eigenvalue weighted by Crippen LogP contribution is -2.39. The smallest absolute Gasteiger partial charge is 0.123 e. The monoisotopic (exact) mass is 257 g/mol. The number of anilines is 1. The van der Waals surface area contributed by atoms with Crippen molar-refractivity contribution in [1.82, 2.24) is 20.1 Å². The van der Waals surface area contributed by atoms with Gasteiger partial charge in [-0.2, -0.15) is 0 Å². The Hall–Kier alpha value is -1.88. The van der Waals surface area contributed by atoms with Gasteiger partial charge in [0.25, 0.3) is 0 Å². The summed E-state index contributed by atoms with van der Waals surface area (Å²) < 4.78 is 1.91. The van der Waals surface area contributed by atoms with Crippen molar-refractivity contribution >= 4 is 5.69 Å². The molecule has 0 radical (unpaired) electrons. The third kappa shape index (κ3) is 3.12. The average Bonchev–Trinajstić information content (AvgIpc) is 3.01. The van der Waals surface area contributed by atoms with Crippen molar-refractivity contribution in [3.05, 3.63) is 36.9 Å². The van der Waals surface area contributed by atoms with Crippen molar-refractivity contribution in [3.63, 3.8) is 0 Å². The highest BCUT2D eigenvalue weighted by molar-refractivity contribution is 5.51. The van der Waals surface area contributed by atoms with Crippen molar-refractivity contribution in [2.75, 3.05) is 18.4 Å². The molecule has 2 N–H and O–H groups in total. The Balaban J connectivity index is 1.63. The van der Waals surface area contributed by atoms with Gasteiger partial charge in [0.15, 0.2) is 0 Å². The molecule has 1 saturated heterocycles. The van der Waals surface area contributed by atoms with Gasteiger partial charge >= 0.3 is 0 Å². The van der Waals surface area contributed by atoms with Gasteiger partial charge in [0, 0.05) is 18.3 Å². The lowest BCUT2D eigenvalue weighted by molar-refractivity contribution is 0.414. The summed E-state index contributed by atoms with van der Waals surface area (Å²) in [5, 5.41) is 14.7. The van der Waals surface area contributed by atoms with E-state index in [1.54, 1.807) is 12.7 Å². The zero-order chi connectivity index (χ0) is 12.9. The van der Waals surface area contributed by atoms with Crippen molar-refractivity contribution < 1.29 is 0 Å². The van der Waals surface area contributed by atoms with Crippen LogP contribution < -0.4 is 10.6 Å². The molecule has 3 rings (SSSR count). The normalized spacial score (nSPS) is 19.3. The number of aromatic nitrogens is 3. The molecule has 100 valence electrons. The van der Waals surface area contributed by atoms with E-state index >= 15 is 0 Å². The summed E-state index contributed by atoms with van der Waals surface area (Å²) in [6.07, 6.45) is 7.32. The fourth-order valence-corrected chi connectivity index (χ4v) is 2.45. The fourth-order valence-electron chi connectivity index (χ4n) is 2.45. The van der Waals surface area contributed by atoms with Crippen molar-refractivity contribution in [2.24, 2.45) is 0 Å². The summed E-state index contributed by atoms with van der Waals surface area (Å²) in [5.41, 5.74) is 2.21. The maximum absolute atomic E-state index is 3.83. The van der Waals surface area contributed by atoms with Crippen molar-refractivity contribution in [2.45, 2.75) is 25.3 Å². The Labute approximate surface area is 113 Å². The van der Waals surface area contributed by atoms with Gasteiger partial charge in [0.2, 0.25) is 0 Å². The summed E-state index contributed by atoms with van der Waals surface area (Å²) in [5.74, 6) is 0. The Morgan fingerprint density at radius 1 is 1.26 bits per heavy atom. The predicted molar refractivity (Wildman–Crippen MR) is 75.5 cm³/mol. The molecule has 1 aromatic heterocycles. The van der Waals surface area contributed by atoms with E-state index in [-0.39, 0.29) is 0 Å². The van der Waals surface area contributed by atoms with Crippen LogP contribution in [-0.4, -0.2) is 33.9 Å². The zero-order valence-electron chi connectivity index (χ0n) is 10.9. The lowest BCUT2D eigenvalue weighted by atomic mass is 10.1. The molecule has 0 saturated carbocycles. The molecular weight excluding hydrogens is 238 g/mol. The first kappa shape index (κ1) is 12.2. The third-order valence-corrected chi connectivity index (χ3v) is 3.53. The topological polar surface area (TPSA) is 54.8 Å². The number of piperidine rings is 1. The van der Waals surface area contributed by atoms with Crippen LogP contribution in [0.5, 0.6) is 0 Å². The van der Waals surface area contributed by atoms with E-state index in [2.05, 4.69) is 33.0 Å². The van der Waals surface area contributed by atoms with Crippen LogP contribution in [0.25, 0.3) is 5.69 Å². The molecule has 0 amide bonds. The number of nitrogens with one attached hydrogen (secondary N) is 2. The lowest BCUT2D eigenvalue weighted by Gasteiger charge is -2.24. The summed E-state index contributed by atoms with van der Waals surface area (Å²) in [6, 6.07) is 8.90. The molecule has 2 heterocycles. The van der Waals surface area contributed by atoms with Crippen LogP contribution in [0, 0.1) is 0 Å². The number of hydrogen-bond acceptors (Lipinski definition) is 4. The summed E-state index contributed by atoms with van der Waals surface area (Å²) >= 11 is 0. The quantitative estimate of drug-likeness (QED) is 0.877. The molecular formula is C14H19N5. The van der Waals surface area contributed by atoms with Crippen LogP contribution in [0.1, 0.15) is 19.3 Å². The highest BCUT2D eigenvalue weighted by atomic mass is 15.2. The number of hydrogen-bond donors (Lipinski definition) is 2. The van der Waals surface area contributed by atoms with Gasteiger partial charge in [-0.1, -0.05) is 12.5 Å². The van der Waals surface area contributed by atoms with Crippen LogP contribution >= 0.6 is 0 Å². The molecule has 5 nitrogen and oxygen atoms in total. The van der Waals surface area contributed by atoms with Gasteiger partial charge in [-0.15, -0.1) is 10.2 Å². The number of nitrogens with zero attached hydrogens (tertiary/aromatic N) is 3. The highest BCUT2D eigenvalue weighted by Gasteiger charge is 2.11. The molecule has 1 aromatic carbocycles. The maximum atomic E-state index is 3.83. The Bertz CT molecular complexity index is 502. The van der Waals surface area contributed by atoms with Gasteiger partial charge in [0.05, 0.1) is 5.69 Å². The van der Waals surface area contributed by atoms with Gasteiger partial charge in [-0.25, -0.2) is 0 Å². The van der Waals surface area contributed by atoms with Gasteiger partial charge < -0.3 is 10.6 Å². The Morgan fingerprint density at radius 3 is 2.95 bits per heavy atom. The summed E-state index contributed by atoms with van der Waals surface area (Å²) in [7, 11) is 0. The minimum Gasteiger partial charge on any atom is -0.383 e. The van der Waals surface area contributed by atoms with Gasteiger partial charge in [-0.05, 0) is 37.6 Å². The largest absolute Gasteiger partial charge is 0.383 e. The minimum absolute atomic E-state index is 0.590. The van der Waals surface area contributed by atoms with Crippen molar-refractivity contribution in [1.29, 1.82) is 0 Å². The molecule has 1 aliphatic rings. The predicted octanol–water partition coefficient (Wildman–Crippen LogP) is 1.82. The molecule has 0 bridgehead atoms. The van der Waals surface area contributed by atoms with Gasteiger partial charge in [-0.3, -0.25) is 4.57 Å². The second-order valence-electron chi connectivity index (χ2n) is 4.95. The SMILES string of the molecule is c1cc(NCC2CCCCN2)cc(-n2cnnc2)c1. The molecule has 19 heavy (non-hydrogen) atoms. The molecule has 1 unspecified atom stereocenters. The molecule has 0 aliphatic carbocycles. The first-order valence-corrected chi connectivity index (χ1v) is 6.84. The maximum Gasteiger partial charge on any atom is 0.123 e. The van der Waals surface area contributed by atoms with E-state index in [4.69, 9.17) is 0 Å². The fraction of sp³-hybridized carbons (Fsp3) is 0.429. The van der Waals surface area contributed by atoms with Crippen molar-refractivity contribution in [3.8, 4) is 5.69 Å². The van der Waals surface area contributed by atoms with E-state index in [1.165, 1.54) is 19.3 Å². The van der Waals surface area contributed by atoms with Crippen LogP contribution in [0.15, 0.2) is 36.9 Å². The highest BCUT2D eigenvalue weighted by Crippen LogP contribution is 2.15. The van der Waals surface area contributed by atoms with Gasteiger partial charge in [0.1, 0.15) is 12.7 Å². The first-order valence-electron chi connectivity index (χ1n) is 6.84. The molecule has 5 heteroatoms. The zero-order valence-corrected chi connectivity index (χ0v) is 10.9. The standard InChI is InChI=1S/C14H19N5/c1-2-7-15-13(4-1)9-16-12-5-3-6-14(8-12)19-10-17-18-11-19/h3,5-6,8,10-11,13,15-16H,1-2,4,7,9H2. The van der Waals surface area contributed by atoms with Crippen LogP contribution in [0.3, 0.4) is 0 Å². The van der Waals surface area contributed by atoms with E-state index < -0.39 is 0 Å². The first-order chi connectivity index (χ1) is 9.42. The second kappa shape index (κ2) is 5.84. The minimum atomic E-state index is 0.590. The van der Waals surface area contributed by atoms with Crippen LogP contribution in [-0.2, 0) is 0 Å². The molecule has 0 spiro atoms. The average molecular weight is 257 g/mol. The second-order valence-corrected chi connectivity index (χ2v) is 4.95. The van der Waals surface area contributed by atoms with Crippen LogP contribution in [0.4, 0.5) is 5.69 Å². The van der Waals surface area contributed by atoms with E-state index in [0.717, 1.165) is 24.5 Å². The van der Waals surface area contributed by atoms with Crippen LogP contribution in [0.2, 0.25) is 0 Å². The summed E-state index contributed by atoms with van der Waals surface area (Å²) in [4.78, 5) is 0. The number of benzene rings is 1. The molecule has 2 aromatic rings.